The molecule has 0 saturated carbocycles. The van der Waals surface area contributed by atoms with Gasteiger partial charge in [0, 0.05) is 0 Å². The van der Waals surface area contributed by atoms with E-state index in [1.165, 1.54) is 5.57 Å². The normalized spacial score (nSPS) is 24.7. The third-order valence-electron chi connectivity index (χ3n) is 1.58. The summed E-state index contributed by atoms with van der Waals surface area (Å²) in [6.07, 6.45) is 2.03. The van der Waals surface area contributed by atoms with Crippen molar-refractivity contribution in [3.05, 3.63) is 11.6 Å². The van der Waals surface area contributed by atoms with Gasteiger partial charge in [-0.15, -0.1) is 0 Å². The van der Waals surface area contributed by atoms with E-state index in [1.807, 2.05) is 6.08 Å². The van der Waals surface area contributed by atoms with Crippen LogP contribution in [0, 0.1) is 22.7 Å². The fraction of sp³-hybridized carbons (Fsp3) is 0.625. The molecular formula is C8H11N. The third kappa shape index (κ3) is 1.13. The van der Waals surface area contributed by atoms with Gasteiger partial charge in [-0.1, -0.05) is 26.8 Å². The monoisotopic (exact) mass is 121 g/mol. The molecule has 1 heteroatoms. The van der Waals surface area contributed by atoms with Crippen molar-refractivity contribution in [3.63, 3.8) is 0 Å². The highest BCUT2D eigenvalue weighted by atomic mass is 14.4. The van der Waals surface area contributed by atoms with Crippen LogP contribution in [0.5, 0.6) is 0 Å². The number of rotatable bonds is 0. The van der Waals surface area contributed by atoms with Gasteiger partial charge in [-0.3, -0.25) is 0 Å². The molecule has 0 aromatic heterocycles. The molecule has 0 heterocycles. The van der Waals surface area contributed by atoms with Crippen molar-refractivity contribution in [3.8, 4) is 6.07 Å². The van der Waals surface area contributed by atoms with Crippen LogP contribution < -0.4 is 0 Å². The first-order valence-electron chi connectivity index (χ1n) is 3.17. The summed E-state index contributed by atoms with van der Waals surface area (Å²) >= 11 is 0. The first kappa shape index (κ1) is 6.35. The van der Waals surface area contributed by atoms with Crippen molar-refractivity contribution in [1.82, 2.24) is 0 Å². The molecule has 1 rings (SSSR count). The molecule has 48 valence electrons. The van der Waals surface area contributed by atoms with Gasteiger partial charge in [0.2, 0.25) is 0 Å². The first-order valence-corrected chi connectivity index (χ1v) is 3.17. The smallest absolute Gasteiger partial charge is 0.0862 e. The maximum atomic E-state index is 8.44. The Morgan fingerprint density at radius 3 is 2.22 bits per heavy atom. The summed E-state index contributed by atoms with van der Waals surface area (Å²) in [5.41, 5.74) is 1.52. The average molecular weight is 121 g/mol. The van der Waals surface area contributed by atoms with Gasteiger partial charge in [-0.2, -0.15) is 5.26 Å². The van der Waals surface area contributed by atoms with Crippen LogP contribution in [0.15, 0.2) is 11.6 Å². The van der Waals surface area contributed by atoms with Crippen LogP contribution in [-0.4, -0.2) is 0 Å². The van der Waals surface area contributed by atoms with E-state index < -0.39 is 0 Å². The van der Waals surface area contributed by atoms with Crippen LogP contribution in [0.25, 0.3) is 0 Å². The lowest BCUT2D eigenvalue weighted by Gasteiger charge is -2.13. The molecule has 1 aliphatic rings. The second kappa shape index (κ2) is 1.60. The van der Waals surface area contributed by atoms with Crippen LogP contribution in [0.1, 0.15) is 20.8 Å². The van der Waals surface area contributed by atoms with Crippen molar-refractivity contribution in [2.45, 2.75) is 20.8 Å². The van der Waals surface area contributed by atoms with E-state index in [-0.39, 0.29) is 11.3 Å². The van der Waals surface area contributed by atoms with Gasteiger partial charge >= 0.3 is 0 Å². The van der Waals surface area contributed by atoms with Crippen LogP contribution in [0.4, 0.5) is 0 Å². The molecule has 0 N–H and O–H groups in total. The lowest BCUT2D eigenvalue weighted by molar-refractivity contribution is 0.510. The van der Waals surface area contributed by atoms with Crippen LogP contribution >= 0.6 is 0 Å². The van der Waals surface area contributed by atoms with Gasteiger partial charge in [-0.05, 0) is 11.0 Å². The van der Waals surface area contributed by atoms with Crippen molar-refractivity contribution < 1.29 is 0 Å². The zero-order valence-electron chi connectivity index (χ0n) is 6.10. The van der Waals surface area contributed by atoms with Gasteiger partial charge in [0.1, 0.15) is 0 Å². The molecule has 9 heavy (non-hydrogen) atoms. The maximum Gasteiger partial charge on any atom is 0.0862 e. The fourth-order valence-electron chi connectivity index (χ4n) is 0.955. The Balaban J connectivity index is 2.54. The third-order valence-corrected chi connectivity index (χ3v) is 1.58. The van der Waals surface area contributed by atoms with Gasteiger partial charge in [0.25, 0.3) is 0 Å². The summed E-state index contributed by atoms with van der Waals surface area (Å²) < 4.78 is 0. The summed E-state index contributed by atoms with van der Waals surface area (Å²) in [6.45, 7) is 6.41. The molecule has 0 amide bonds. The Kier molecular flexibility index (Phi) is 1.13. The molecule has 1 aliphatic carbocycles. The second-order valence-corrected chi connectivity index (χ2v) is 3.48. The molecule has 1 nitrogen and oxygen atoms in total. The zero-order chi connectivity index (χ0) is 7.07. The van der Waals surface area contributed by atoms with E-state index in [0.29, 0.717) is 0 Å². The van der Waals surface area contributed by atoms with Gasteiger partial charge in [0.05, 0.1) is 12.0 Å². The largest absolute Gasteiger partial charge is 0.197 e. The number of nitriles is 1. The molecular weight excluding hydrogens is 110 g/mol. The number of nitrogens with zero attached hydrogens (tertiary/aromatic N) is 1. The molecule has 0 radical (unpaired) electrons. The molecule has 0 aliphatic heterocycles. The minimum atomic E-state index is 0.157. The van der Waals surface area contributed by atoms with Gasteiger partial charge in [0.15, 0.2) is 0 Å². The highest BCUT2D eigenvalue weighted by Gasteiger charge is 2.33. The van der Waals surface area contributed by atoms with Crippen molar-refractivity contribution in [1.29, 1.82) is 5.26 Å². The van der Waals surface area contributed by atoms with E-state index in [1.54, 1.807) is 0 Å². The van der Waals surface area contributed by atoms with Crippen molar-refractivity contribution >= 4 is 0 Å². The topological polar surface area (TPSA) is 23.8 Å². The lowest BCUT2D eigenvalue weighted by Crippen LogP contribution is -2.03. The first-order chi connectivity index (χ1) is 4.05. The standard InChI is InChI=1S/C8H11N/c1-8(2,3)7-4-6(7)5-9/h4,6H,1-3H3. The van der Waals surface area contributed by atoms with E-state index >= 15 is 0 Å². The highest BCUT2D eigenvalue weighted by molar-refractivity contribution is 5.40. The Morgan fingerprint density at radius 2 is 2.11 bits per heavy atom. The van der Waals surface area contributed by atoms with E-state index in [9.17, 15) is 0 Å². The van der Waals surface area contributed by atoms with Crippen LogP contribution in [0.2, 0.25) is 0 Å². The van der Waals surface area contributed by atoms with E-state index in [4.69, 9.17) is 5.26 Å². The Bertz CT molecular complexity index is 188. The van der Waals surface area contributed by atoms with E-state index in [0.717, 1.165) is 0 Å². The number of hydrogen-bond acceptors (Lipinski definition) is 1. The minimum absolute atomic E-state index is 0.157. The summed E-state index contributed by atoms with van der Waals surface area (Å²) in [5.74, 6) is 0.157. The quantitative estimate of drug-likeness (QED) is 0.450. The zero-order valence-corrected chi connectivity index (χ0v) is 6.10. The number of allylic oxidation sites excluding steroid dienone is 2. The minimum Gasteiger partial charge on any atom is -0.197 e. The SMILES string of the molecule is CC(C)(C)C1=CC1C#N. The van der Waals surface area contributed by atoms with Gasteiger partial charge in [-0.25, -0.2) is 0 Å². The lowest BCUT2D eigenvalue weighted by atomic mass is 9.91. The van der Waals surface area contributed by atoms with E-state index in [2.05, 4.69) is 26.8 Å². The summed E-state index contributed by atoms with van der Waals surface area (Å²) in [7, 11) is 0. The predicted octanol–water partition coefficient (Wildman–Crippen LogP) is 2.11. The average Bonchev–Trinajstić information content (AvgIpc) is 2.39. The Morgan fingerprint density at radius 1 is 1.56 bits per heavy atom. The molecule has 0 fully saturated rings. The summed E-state index contributed by atoms with van der Waals surface area (Å²) in [6, 6.07) is 2.20. The maximum absolute atomic E-state index is 8.44. The Labute approximate surface area is 56.0 Å². The van der Waals surface area contributed by atoms with Gasteiger partial charge < -0.3 is 0 Å². The Hall–Kier alpha value is -0.770. The molecule has 1 atom stereocenters. The molecule has 0 saturated heterocycles. The van der Waals surface area contributed by atoms with Crippen molar-refractivity contribution in [2.24, 2.45) is 11.3 Å². The molecule has 0 spiro atoms. The van der Waals surface area contributed by atoms with Crippen molar-refractivity contribution in [2.75, 3.05) is 0 Å². The molecule has 0 bridgehead atoms. The predicted molar refractivity (Wildman–Crippen MR) is 36.6 cm³/mol. The number of hydrogen-bond donors (Lipinski definition) is 0. The molecule has 0 aromatic carbocycles. The molecule has 1 unspecified atom stereocenters. The molecule has 0 aromatic rings. The second-order valence-electron chi connectivity index (χ2n) is 3.48. The van der Waals surface area contributed by atoms with Crippen LogP contribution in [-0.2, 0) is 0 Å². The highest BCUT2D eigenvalue weighted by Crippen LogP contribution is 2.42. The fourth-order valence-corrected chi connectivity index (χ4v) is 0.955. The van der Waals surface area contributed by atoms with Crippen LogP contribution in [0.3, 0.4) is 0 Å². The summed E-state index contributed by atoms with van der Waals surface area (Å²) in [5, 5.41) is 8.44. The summed E-state index contributed by atoms with van der Waals surface area (Å²) in [4.78, 5) is 0.